The standard InChI is InChI=1S/C10H12N2O4S/c11-17(15,16)9-3-1-2-7(4-9)12-6-8(13)5-10(12)14/h1-4,8,13H,5-6H2,(H2,11,15,16). The SMILES string of the molecule is NS(=O)(=O)c1cccc(N2CC(O)CC2=O)c1. The van der Waals surface area contributed by atoms with E-state index in [0.29, 0.717) is 5.69 Å². The Kier molecular flexibility index (Phi) is 2.90. The second kappa shape index (κ2) is 4.10. The average molecular weight is 256 g/mol. The molecular weight excluding hydrogens is 244 g/mol. The number of amides is 1. The molecule has 3 N–H and O–H groups in total. The van der Waals surface area contributed by atoms with Crippen LogP contribution in [-0.4, -0.2) is 32.1 Å². The van der Waals surface area contributed by atoms with Crippen molar-refractivity contribution in [3.8, 4) is 0 Å². The summed E-state index contributed by atoms with van der Waals surface area (Å²) in [5, 5.41) is 14.4. The maximum Gasteiger partial charge on any atom is 0.238 e. The molecule has 0 aromatic heterocycles. The van der Waals surface area contributed by atoms with Gasteiger partial charge in [0.1, 0.15) is 0 Å². The smallest absolute Gasteiger partial charge is 0.238 e. The van der Waals surface area contributed by atoms with Gasteiger partial charge in [-0.15, -0.1) is 0 Å². The largest absolute Gasteiger partial charge is 0.391 e. The van der Waals surface area contributed by atoms with Gasteiger partial charge in [-0.25, -0.2) is 13.6 Å². The van der Waals surface area contributed by atoms with E-state index in [9.17, 15) is 18.3 Å². The number of hydrogen-bond acceptors (Lipinski definition) is 4. The Morgan fingerprint density at radius 1 is 1.41 bits per heavy atom. The summed E-state index contributed by atoms with van der Waals surface area (Å²) in [6.07, 6.45) is -0.653. The number of carbonyl (C=O) groups is 1. The Hall–Kier alpha value is -1.44. The van der Waals surface area contributed by atoms with Crippen molar-refractivity contribution in [2.75, 3.05) is 11.4 Å². The number of sulfonamides is 1. The quantitative estimate of drug-likeness (QED) is 0.740. The Labute approximate surface area is 98.7 Å². The van der Waals surface area contributed by atoms with Crippen LogP contribution in [0.2, 0.25) is 0 Å². The Bertz CT molecular complexity index is 555. The van der Waals surface area contributed by atoms with Crippen molar-refractivity contribution in [1.82, 2.24) is 0 Å². The fraction of sp³-hybridized carbons (Fsp3) is 0.300. The van der Waals surface area contributed by atoms with Gasteiger partial charge < -0.3 is 10.0 Å². The first-order valence-corrected chi connectivity index (χ1v) is 6.54. The van der Waals surface area contributed by atoms with E-state index in [1.165, 1.54) is 23.1 Å². The number of hydrogen-bond donors (Lipinski definition) is 2. The van der Waals surface area contributed by atoms with Gasteiger partial charge >= 0.3 is 0 Å². The van der Waals surface area contributed by atoms with Crippen molar-refractivity contribution in [2.24, 2.45) is 5.14 Å². The van der Waals surface area contributed by atoms with Crippen LogP contribution in [0.4, 0.5) is 5.69 Å². The first-order chi connectivity index (χ1) is 7.88. The number of nitrogens with two attached hydrogens (primary N) is 1. The summed E-state index contributed by atoms with van der Waals surface area (Å²) in [4.78, 5) is 12.8. The summed E-state index contributed by atoms with van der Waals surface area (Å²) in [7, 11) is -3.79. The predicted molar refractivity (Wildman–Crippen MR) is 60.8 cm³/mol. The second-order valence-corrected chi connectivity index (χ2v) is 5.47. The monoisotopic (exact) mass is 256 g/mol. The number of β-amino-alcohol motifs (C(OH)–C–C–N with tert-alkyl or cyclic N) is 1. The number of anilines is 1. The lowest BCUT2D eigenvalue weighted by molar-refractivity contribution is -0.117. The Balaban J connectivity index is 2.38. The number of nitrogens with zero attached hydrogens (tertiary/aromatic N) is 1. The molecule has 1 atom stereocenters. The van der Waals surface area contributed by atoms with Crippen LogP contribution in [0.25, 0.3) is 0 Å². The molecule has 1 unspecified atom stereocenters. The molecule has 0 bridgehead atoms. The highest BCUT2D eigenvalue weighted by molar-refractivity contribution is 7.89. The molecule has 1 amide bonds. The minimum Gasteiger partial charge on any atom is -0.391 e. The molecule has 17 heavy (non-hydrogen) atoms. The zero-order chi connectivity index (χ0) is 12.6. The number of carbonyl (C=O) groups excluding carboxylic acids is 1. The van der Waals surface area contributed by atoms with Gasteiger partial charge in [-0.1, -0.05) is 6.07 Å². The van der Waals surface area contributed by atoms with E-state index in [4.69, 9.17) is 5.14 Å². The first kappa shape index (κ1) is 12.0. The van der Waals surface area contributed by atoms with Gasteiger partial charge in [0.25, 0.3) is 0 Å². The van der Waals surface area contributed by atoms with Gasteiger partial charge in [0.05, 0.1) is 24.0 Å². The van der Waals surface area contributed by atoms with Crippen LogP contribution in [0.3, 0.4) is 0 Å². The molecule has 0 spiro atoms. The molecule has 1 aliphatic heterocycles. The average Bonchev–Trinajstić information content (AvgIpc) is 2.57. The third-order valence-electron chi connectivity index (χ3n) is 2.56. The van der Waals surface area contributed by atoms with Gasteiger partial charge in [0, 0.05) is 5.69 Å². The van der Waals surface area contributed by atoms with Crippen molar-refractivity contribution >= 4 is 21.6 Å². The van der Waals surface area contributed by atoms with Crippen LogP contribution < -0.4 is 10.0 Å². The summed E-state index contributed by atoms with van der Waals surface area (Å²) < 4.78 is 22.3. The van der Waals surface area contributed by atoms with Crippen molar-refractivity contribution in [2.45, 2.75) is 17.4 Å². The van der Waals surface area contributed by atoms with E-state index in [1.54, 1.807) is 6.07 Å². The third kappa shape index (κ3) is 2.46. The molecule has 6 nitrogen and oxygen atoms in total. The Morgan fingerprint density at radius 2 is 2.12 bits per heavy atom. The van der Waals surface area contributed by atoms with Crippen molar-refractivity contribution in [3.05, 3.63) is 24.3 Å². The number of rotatable bonds is 2. The third-order valence-corrected chi connectivity index (χ3v) is 3.47. The lowest BCUT2D eigenvalue weighted by atomic mass is 10.3. The van der Waals surface area contributed by atoms with E-state index >= 15 is 0 Å². The summed E-state index contributed by atoms with van der Waals surface area (Å²) in [5.74, 6) is -0.232. The number of primary sulfonamides is 1. The molecule has 1 aliphatic rings. The molecule has 7 heteroatoms. The summed E-state index contributed by atoms with van der Waals surface area (Å²) in [6, 6.07) is 5.79. The van der Waals surface area contributed by atoms with Crippen molar-refractivity contribution in [3.63, 3.8) is 0 Å². The molecule has 2 rings (SSSR count). The molecule has 1 heterocycles. The van der Waals surface area contributed by atoms with Crippen molar-refractivity contribution in [1.29, 1.82) is 0 Å². The molecule has 92 valence electrons. The van der Waals surface area contributed by atoms with Gasteiger partial charge in [-0.3, -0.25) is 4.79 Å². The van der Waals surface area contributed by atoms with Gasteiger partial charge in [0.2, 0.25) is 15.9 Å². The lowest BCUT2D eigenvalue weighted by Crippen LogP contribution is -2.25. The molecule has 1 aromatic rings. The zero-order valence-electron chi connectivity index (χ0n) is 8.91. The van der Waals surface area contributed by atoms with E-state index in [2.05, 4.69) is 0 Å². The summed E-state index contributed by atoms with van der Waals surface area (Å²) in [6.45, 7) is 0.174. The highest BCUT2D eigenvalue weighted by Gasteiger charge is 2.29. The topological polar surface area (TPSA) is 101 Å². The maximum atomic E-state index is 11.5. The summed E-state index contributed by atoms with van der Waals surface area (Å²) >= 11 is 0. The van der Waals surface area contributed by atoms with Crippen LogP contribution in [0.1, 0.15) is 6.42 Å². The van der Waals surface area contributed by atoms with Gasteiger partial charge in [-0.05, 0) is 18.2 Å². The molecule has 0 radical (unpaired) electrons. The normalized spacial score (nSPS) is 20.9. The molecule has 1 aromatic carbocycles. The molecule has 1 fully saturated rings. The summed E-state index contributed by atoms with van der Waals surface area (Å²) in [5.41, 5.74) is 0.429. The maximum absolute atomic E-state index is 11.5. The van der Waals surface area contributed by atoms with Gasteiger partial charge in [-0.2, -0.15) is 0 Å². The fourth-order valence-corrected chi connectivity index (χ4v) is 2.32. The molecule has 0 saturated carbocycles. The van der Waals surface area contributed by atoms with Crippen LogP contribution in [0, 0.1) is 0 Å². The first-order valence-electron chi connectivity index (χ1n) is 4.99. The Morgan fingerprint density at radius 3 is 2.65 bits per heavy atom. The molecule has 1 saturated heterocycles. The zero-order valence-corrected chi connectivity index (χ0v) is 9.72. The van der Waals surface area contributed by atoms with Crippen LogP contribution >= 0.6 is 0 Å². The van der Waals surface area contributed by atoms with E-state index in [1.807, 2.05) is 0 Å². The van der Waals surface area contributed by atoms with Gasteiger partial charge in [0.15, 0.2) is 0 Å². The highest BCUT2D eigenvalue weighted by atomic mass is 32.2. The molecular formula is C10H12N2O4S. The van der Waals surface area contributed by atoms with Crippen molar-refractivity contribution < 1.29 is 18.3 Å². The van der Waals surface area contributed by atoms with E-state index in [0.717, 1.165) is 0 Å². The van der Waals surface area contributed by atoms with E-state index < -0.39 is 16.1 Å². The second-order valence-electron chi connectivity index (χ2n) is 3.90. The lowest BCUT2D eigenvalue weighted by Gasteiger charge is -2.16. The van der Waals surface area contributed by atoms with E-state index in [-0.39, 0.29) is 23.8 Å². The number of aliphatic hydroxyl groups excluding tert-OH is 1. The minimum absolute atomic E-state index is 0.0517. The number of benzene rings is 1. The van der Waals surface area contributed by atoms with Crippen LogP contribution in [-0.2, 0) is 14.8 Å². The minimum atomic E-state index is -3.79. The number of aliphatic hydroxyl groups is 1. The molecule has 0 aliphatic carbocycles. The highest BCUT2D eigenvalue weighted by Crippen LogP contribution is 2.23. The fourth-order valence-electron chi connectivity index (χ4n) is 1.77. The predicted octanol–water partition coefficient (Wildman–Crippen LogP) is -0.568. The van der Waals surface area contributed by atoms with Crippen LogP contribution in [0.5, 0.6) is 0 Å². The van der Waals surface area contributed by atoms with Crippen LogP contribution in [0.15, 0.2) is 29.2 Å².